The van der Waals surface area contributed by atoms with Crippen LogP contribution in [0.5, 0.6) is 5.75 Å². The molecule has 2 rings (SSSR count). The Labute approximate surface area is 109 Å². The lowest BCUT2D eigenvalue weighted by molar-refractivity contribution is -0.109. The molecule has 1 fully saturated rings. The topological polar surface area (TPSA) is 38.7 Å². The molecule has 18 heavy (non-hydrogen) atoms. The molecule has 3 nitrogen and oxygen atoms in total. The number of aliphatic hydroxyl groups is 1. The first-order chi connectivity index (χ1) is 8.59. The Bertz CT molecular complexity index is 416. The van der Waals surface area contributed by atoms with E-state index in [2.05, 4.69) is 6.92 Å². The molecule has 0 bridgehead atoms. The van der Waals surface area contributed by atoms with E-state index in [1.165, 1.54) is 0 Å². The average Bonchev–Trinajstić information content (AvgIpc) is 2.38. The van der Waals surface area contributed by atoms with E-state index in [-0.39, 0.29) is 6.10 Å². The van der Waals surface area contributed by atoms with Crippen molar-refractivity contribution < 1.29 is 14.6 Å². The number of aryl methyl sites for hydroxylation is 1. The fraction of sp³-hybridized carbons (Fsp3) is 0.600. The highest BCUT2D eigenvalue weighted by Crippen LogP contribution is 2.40. The van der Waals surface area contributed by atoms with Crippen LogP contribution in [0.1, 0.15) is 37.3 Å². The highest BCUT2D eigenvalue weighted by molar-refractivity contribution is 5.41. The lowest BCUT2D eigenvalue weighted by Gasteiger charge is -2.37. The second kappa shape index (κ2) is 5.29. The third-order valence-corrected chi connectivity index (χ3v) is 3.75. The normalized spacial score (nSPS) is 28.1. The molecule has 1 aliphatic rings. The number of methoxy groups -OCH3 is 1. The molecule has 0 saturated carbocycles. The molecule has 0 aliphatic carbocycles. The van der Waals surface area contributed by atoms with Crippen molar-refractivity contribution in [2.45, 2.75) is 44.8 Å². The molecule has 0 spiro atoms. The van der Waals surface area contributed by atoms with Crippen LogP contribution in [0.25, 0.3) is 0 Å². The van der Waals surface area contributed by atoms with E-state index in [1.807, 2.05) is 25.1 Å². The molecule has 2 unspecified atom stereocenters. The van der Waals surface area contributed by atoms with Gasteiger partial charge in [0.05, 0.1) is 25.4 Å². The van der Waals surface area contributed by atoms with E-state index in [1.54, 1.807) is 7.11 Å². The van der Waals surface area contributed by atoms with Crippen LogP contribution in [-0.4, -0.2) is 24.9 Å². The van der Waals surface area contributed by atoms with Gasteiger partial charge in [0, 0.05) is 18.4 Å². The maximum atomic E-state index is 10.9. The first-order valence-corrected chi connectivity index (χ1v) is 6.58. The first kappa shape index (κ1) is 13.4. The van der Waals surface area contributed by atoms with Crippen LogP contribution in [0.15, 0.2) is 18.2 Å². The van der Waals surface area contributed by atoms with Crippen molar-refractivity contribution in [3.63, 3.8) is 0 Å². The van der Waals surface area contributed by atoms with Crippen LogP contribution < -0.4 is 4.74 Å². The van der Waals surface area contributed by atoms with Gasteiger partial charge in [0.15, 0.2) is 0 Å². The number of hydrogen-bond donors (Lipinski definition) is 1. The predicted octanol–water partition coefficient (Wildman–Crippen LogP) is 2.78. The Kier molecular flexibility index (Phi) is 3.93. The van der Waals surface area contributed by atoms with Crippen LogP contribution in [0.3, 0.4) is 0 Å². The largest absolute Gasteiger partial charge is 0.496 e. The fourth-order valence-electron chi connectivity index (χ4n) is 2.62. The molecular formula is C15H22O3. The highest BCUT2D eigenvalue weighted by Gasteiger charge is 2.38. The summed E-state index contributed by atoms with van der Waals surface area (Å²) >= 11 is 0. The average molecular weight is 250 g/mol. The van der Waals surface area contributed by atoms with Gasteiger partial charge in [0.2, 0.25) is 0 Å². The van der Waals surface area contributed by atoms with E-state index in [0.29, 0.717) is 19.4 Å². The van der Waals surface area contributed by atoms with Crippen molar-refractivity contribution in [3.8, 4) is 5.75 Å². The lowest BCUT2D eigenvalue weighted by atomic mass is 9.82. The molecule has 1 saturated heterocycles. The van der Waals surface area contributed by atoms with Gasteiger partial charge < -0.3 is 14.6 Å². The third kappa shape index (κ3) is 2.52. The van der Waals surface area contributed by atoms with Gasteiger partial charge in [0.25, 0.3) is 0 Å². The third-order valence-electron chi connectivity index (χ3n) is 3.75. The fourth-order valence-corrected chi connectivity index (χ4v) is 2.62. The van der Waals surface area contributed by atoms with Crippen molar-refractivity contribution in [1.29, 1.82) is 0 Å². The Morgan fingerprint density at radius 3 is 2.94 bits per heavy atom. The zero-order chi connectivity index (χ0) is 13.2. The molecule has 0 radical (unpaired) electrons. The highest BCUT2D eigenvalue weighted by atomic mass is 16.5. The van der Waals surface area contributed by atoms with Gasteiger partial charge in [-0.3, -0.25) is 0 Å². The minimum atomic E-state index is -0.823. The molecule has 1 aromatic carbocycles. The second-order valence-corrected chi connectivity index (χ2v) is 5.09. The van der Waals surface area contributed by atoms with E-state index < -0.39 is 5.60 Å². The molecule has 1 aromatic rings. The van der Waals surface area contributed by atoms with Crippen LogP contribution in [0.4, 0.5) is 0 Å². The summed E-state index contributed by atoms with van der Waals surface area (Å²) in [6.45, 7) is 4.72. The van der Waals surface area contributed by atoms with Gasteiger partial charge in [0.1, 0.15) is 5.75 Å². The van der Waals surface area contributed by atoms with E-state index >= 15 is 0 Å². The van der Waals surface area contributed by atoms with E-state index in [0.717, 1.165) is 23.3 Å². The monoisotopic (exact) mass is 250 g/mol. The second-order valence-electron chi connectivity index (χ2n) is 5.09. The van der Waals surface area contributed by atoms with Crippen molar-refractivity contribution >= 4 is 0 Å². The molecule has 1 aliphatic heterocycles. The zero-order valence-corrected chi connectivity index (χ0v) is 11.4. The summed E-state index contributed by atoms with van der Waals surface area (Å²) in [5.41, 5.74) is 1.21. The van der Waals surface area contributed by atoms with Crippen molar-refractivity contribution in [3.05, 3.63) is 29.3 Å². The molecule has 1 heterocycles. The SMILES string of the molecule is CCC1CC(O)(c2cc(C)ccc2OC)CCO1. The van der Waals surface area contributed by atoms with Crippen LogP contribution in [0, 0.1) is 6.92 Å². The summed E-state index contributed by atoms with van der Waals surface area (Å²) in [6, 6.07) is 5.96. The molecule has 0 aromatic heterocycles. The van der Waals surface area contributed by atoms with Gasteiger partial charge >= 0.3 is 0 Å². The summed E-state index contributed by atoms with van der Waals surface area (Å²) in [4.78, 5) is 0. The predicted molar refractivity (Wildman–Crippen MR) is 70.9 cm³/mol. The quantitative estimate of drug-likeness (QED) is 0.896. The minimum Gasteiger partial charge on any atom is -0.496 e. The Balaban J connectivity index is 2.36. The number of hydrogen-bond acceptors (Lipinski definition) is 3. The zero-order valence-electron chi connectivity index (χ0n) is 11.4. The summed E-state index contributed by atoms with van der Waals surface area (Å²) < 4.78 is 11.0. The summed E-state index contributed by atoms with van der Waals surface area (Å²) in [5, 5.41) is 10.9. The van der Waals surface area contributed by atoms with Gasteiger partial charge in [-0.1, -0.05) is 18.6 Å². The molecule has 0 amide bonds. The first-order valence-electron chi connectivity index (χ1n) is 6.58. The van der Waals surface area contributed by atoms with Crippen molar-refractivity contribution in [1.82, 2.24) is 0 Å². The summed E-state index contributed by atoms with van der Waals surface area (Å²) in [5.74, 6) is 0.764. The number of rotatable bonds is 3. The molecule has 2 atom stereocenters. The minimum absolute atomic E-state index is 0.133. The Morgan fingerprint density at radius 1 is 1.50 bits per heavy atom. The smallest absolute Gasteiger partial charge is 0.124 e. The standard InChI is InChI=1S/C15H22O3/c1-4-12-10-15(16,7-8-18-12)13-9-11(2)5-6-14(13)17-3/h5-6,9,12,16H,4,7-8,10H2,1-3H3. The van der Waals surface area contributed by atoms with Crippen LogP contribution in [-0.2, 0) is 10.3 Å². The van der Waals surface area contributed by atoms with Crippen molar-refractivity contribution in [2.24, 2.45) is 0 Å². The molecular weight excluding hydrogens is 228 g/mol. The Morgan fingerprint density at radius 2 is 2.28 bits per heavy atom. The summed E-state index contributed by atoms with van der Waals surface area (Å²) in [7, 11) is 1.65. The van der Waals surface area contributed by atoms with Crippen molar-refractivity contribution in [2.75, 3.05) is 13.7 Å². The van der Waals surface area contributed by atoms with Gasteiger partial charge in [-0.15, -0.1) is 0 Å². The molecule has 100 valence electrons. The number of benzene rings is 1. The summed E-state index contributed by atoms with van der Waals surface area (Å²) in [6.07, 6.45) is 2.33. The maximum Gasteiger partial charge on any atom is 0.124 e. The van der Waals surface area contributed by atoms with Gasteiger partial charge in [-0.05, 0) is 25.5 Å². The Hall–Kier alpha value is -1.06. The van der Waals surface area contributed by atoms with E-state index in [9.17, 15) is 5.11 Å². The maximum absolute atomic E-state index is 10.9. The van der Waals surface area contributed by atoms with E-state index in [4.69, 9.17) is 9.47 Å². The molecule has 3 heteroatoms. The number of ether oxygens (including phenoxy) is 2. The molecule has 1 N–H and O–H groups in total. The van der Waals surface area contributed by atoms with Crippen LogP contribution in [0.2, 0.25) is 0 Å². The van der Waals surface area contributed by atoms with Gasteiger partial charge in [-0.2, -0.15) is 0 Å². The van der Waals surface area contributed by atoms with Crippen LogP contribution >= 0.6 is 0 Å². The van der Waals surface area contributed by atoms with Gasteiger partial charge in [-0.25, -0.2) is 0 Å². The lowest BCUT2D eigenvalue weighted by Crippen LogP contribution is -2.38.